The van der Waals surface area contributed by atoms with Crippen molar-refractivity contribution in [3.05, 3.63) is 81.9 Å². The zero-order valence-electron chi connectivity index (χ0n) is 29.2. The molecule has 10 N–H and O–H groups in total. The maximum absolute atomic E-state index is 14.2. The van der Waals surface area contributed by atoms with E-state index in [1.807, 2.05) is 0 Å². The second kappa shape index (κ2) is 17.7. The molecule has 2 saturated heterocycles. The van der Waals surface area contributed by atoms with Gasteiger partial charge in [0.25, 0.3) is 23.6 Å². The second-order valence-corrected chi connectivity index (χ2v) is 13.0. The van der Waals surface area contributed by atoms with Gasteiger partial charge in [0.2, 0.25) is 11.2 Å². The first kappa shape index (κ1) is 43.9. The summed E-state index contributed by atoms with van der Waals surface area (Å²) in [6, 6.07) is 8.30. The summed E-state index contributed by atoms with van der Waals surface area (Å²) >= 11 is 3.22. The third-order valence-corrected chi connectivity index (χ3v) is 8.68. The molecule has 6 rings (SSSR count). The van der Waals surface area contributed by atoms with Gasteiger partial charge in [-0.3, -0.25) is 19.2 Å². The van der Waals surface area contributed by atoms with E-state index in [0.717, 1.165) is 6.07 Å². The van der Waals surface area contributed by atoms with Crippen LogP contribution in [0.25, 0.3) is 22.5 Å². The Balaban J connectivity index is 0.000000249. The molecule has 2 aliphatic rings. The van der Waals surface area contributed by atoms with Crippen molar-refractivity contribution in [2.75, 3.05) is 38.7 Å². The molecule has 0 aliphatic carbocycles. The summed E-state index contributed by atoms with van der Waals surface area (Å²) < 4.78 is 28.6. The predicted octanol–water partition coefficient (Wildman–Crippen LogP) is 1.48. The topological polar surface area (TPSA) is 271 Å². The number of carbonyl (C=O) groups is 4. The van der Waals surface area contributed by atoms with Gasteiger partial charge in [-0.1, -0.05) is 41.1 Å². The van der Waals surface area contributed by atoms with Crippen molar-refractivity contribution in [1.29, 1.82) is 0 Å². The minimum absolute atomic E-state index is 0. The normalized spacial score (nSPS) is 18.2. The van der Waals surface area contributed by atoms with Crippen LogP contribution in [0.15, 0.2) is 53.3 Å². The van der Waals surface area contributed by atoms with Gasteiger partial charge in [0.05, 0.1) is 23.8 Å². The number of anilines is 2. The highest BCUT2D eigenvalue weighted by molar-refractivity contribution is 9.10. The Morgan fingerprint density at radius 1 is 0.821 bits per heavy atom. The van der Waals surface area contributed by atoms with Crippen LogP contribution in [-0.4, -0.2) is 102 Å². The maximum Gasteiger partial charge on any atom is 0.271 e. The fraction of sp³-hybridized carbons (Fsp3) is 0.243. The second-order valence-electron chi connectivity index (χ2n) is 12.1. The van der Waals surface area contributed by atoms with E-state index in [1.54, 1.807) is 20.2 Å². The number of aliphatic hydroxyl groups is 2. The standard InChI is InChI=1S/C18H16FN5O3.C11H8BrFN4O.C7H9NO2.CH4/c1-24-7-6-18(27,17(24)26)5-4-10-2-3-12(19)11(8-10)13-9-22-15(20)14(23-13)16(21)25;12-5-1-2-7(13)6(3-5)8-4-16-10(14)9(17-8)11(15)18;1-3-7(10)4-5-8(2)6(7)9;/h2-3,8-9,27H,6-7H2,1H3,(H2,20,22)(H2,21,25);1-4H,(H2,14,16)(H2,15,18);1,10H,4-5H2,2H3;1H4/t18-;;7-;/m0.0./s1. The largest absolute Gasteiger partial charge is 0.382 e. The van der Waals surface area contributed by atoms with Gasteiger partial charge in [-0.15, -0.1) is 6.42 Å². The van der Waals surface area contributed by atoms with Crippen LogP contribution in [-0.2, 0) is 9.59 Å². The number of rotatable bonds is 4. The van der Waals surface area contributed by atoms with Crippen molar-refractivity contribution >= 4 is 51.2 Å². The number of halogens is 3. The molecular weight excluding hydrogens is 798 g/mol. The van der Waals surface area contributed by atoms with Gasteiger partial charge in [-0.05, 0) is 36.4 Å². The molecule has 19 heteroatoms. The third-order valence-electron chi connectivity index (χ3n) is 8.19. The number of amides is 4. The number of primary amides is 2. The van der Waals surface area contributed by atoms with E-state index in [4.69, 9.17) is 29.4 Å². The van der Waals surface area contributed by atoms with Crippen LogP contribution in [0, 0.1) is 35.8 Å². The van der Waals surface area contributed by atoms with E-state index in [1.165, 1.54) is 46.5 Å². The Labute approximate surface area is 328 Å². The molecule has 2 aromatic carbocycles. The number of nitrogens with two attached hydrogens (primary N) is 4. The fourth-order valence-electron chi connectivity index (χ4n) is 5.05. The number of carbonyl (C=O) groups excluding carboxylic acids is 4. The summed E-state index contributed by atoms with van der Waals surface area (Å²) in [7, 11) is 3.20. The Bertz CT molecular complexity index is 2310. The zero-order valence-corrected chi connectivity index (χ0v) is 30.8. The number of nitrogen functional groups attached to an aromatic ring is 2. The van der Waals surface area contributed by atoms with Gasteiger partial charge in [-0.2, -0.15) is 0 Å². The molecule has 0 bridgehead atoms. The lowest BCUT2D eigenvalue weighted by Gasteiger charge is -2.13. The number of terminal acetylenes is 1. The van der Waals surface area contributed by atoms with Crippen molar-refractivity contribution in [1.82, 2.24) is 29.7 Å². The lowest BCUT2D eigenvalue weighted by atomic mass is 10.0. The first-order chi connectivity index (χ1) is 25.8. The average molecular weight is 836 g/mol. The van der Waals surface area contributed by atoms with E-state index in [2.05, 4.69) is 53.6 Å². The highest BCUT2D eigenvalue weighted by atomic mass is 79.9. The molecule has 0 saturated carbocycles. The van der Waals surface area contributed by atoms with Crippen LogP contribution in [0.4, 0.5) is 20.4 Å². The number of hydrogen-bond donors (Lipinski definition) is 6. The molecular formula is C37H37BrF2N10O6. The first-order valence-corrected chi connectivity index (χ1v) is 16.7. The van der Waals surface area contributed by atoms with Crippen molar-refractivity contribution in [2.45, 2.75) is 31.5 Å². The van der Waals surface area contributed by atoms with Crippen molar-refractivity contribution < 1.29 is 38.2 Å². The van der Waals surface area contributed by atoms with E-state index >= 15 is 0 Å². The number of nitrogens with zero attached hydrogens (tertiary/aromatic N) is 6. The van der Waals surface area contributed by atoms with E-state index < -0.39 is 40.6 Å². The summed E-state index contributed by atoms with van der Waals surface area (Å²) in [5.41, 5.74) is 18.4. The highest BCUT2D eigenvalue weighted by Gasteiger charge is 2.43. The van der Waals surface area contributed by atoms with Crippen LogP contribution >= 0.6 is 15.9 Å². The molecule has 0 radical (unpaired) electrons. The van der Waals surface area contributed by atoms with Crippen LogP contribution in [0.3, 0.4) is 0 Å². The minimum Gasteiger partial charge on any atom is -0.382 e. The highest BCUT2D eigenvalue weighted by Crippen LogP contribution is 2.27. The number of likely N-dealkylation sites (N-methyl/N-ethyl adjacent to an activating group) is 2. The van der Waals surface area contributed by atoms with Crippen LogP contribution in [0.5, 0.6) is 0 Å². The maximum atomic E-state index is 14.2. The van der Waals surface area contributed by atoms with Gasteiger partial charge in [0.1, 0.15) is 11.6 Å². The minimum atomic E-state index is -1.76. The smallest absolute Gasteiger partial charge is 0.271 e. The Morgan fingerprint density at radius 2 is 1.27 bits per heavy atom. The van der Waals surface area contributed by atoms with Gasteiger partial charge < -0.3 is 42.9 Å². The van der Waals surface area contributed by atoms with Crippen LogP contribution in [0.2, 0.25) is 0 Å². The molecule has 2 atom stereocenters. The quantitative estimate of drug-likeness (QED) is 0.160. The molecule has 2 fully saturated rings. The Morgan fingerprint density at radius 3 is 1.68 bits per heavy atom. The molecule has 2 aromatic heterocycles. The first-order valence-electron chi connectivity index (χ1n) is 15.9. The molecule has 4 amide bonds. The molecule has 4 aromatic rings. The van der Waals surface area contributed by atoms with Gasteiger partial charge in [-0.25, -0.2) is 28.7 Å². The van der Waals surface area contributed by atoms with Crippen LogP contribution in [0.1, 0.15) is 46.8 Å². The van der Waals surface area contributed by atoms with E-state index in [0.29, 0.717) is 29.5 Å². The summed E-state index contributed by atoms with van der Waals surface area (Å²) in [5, 5.41) is 19.6. The number of likely N-dealkylation sites (tertiary alicyclic amines) is 2. The number of hydrogen-bond acceptors (Lipinski definition) is 12. The third kappa shape index (κ3) is 9.76. The molecule has 16 nitrogen and oxygen atoms in total. The summed E-state index contributed by atoms with van der Waals surface area (Å²) in [4.78, 5) is 63.7. The molecule has 292 valence electrons. The molecule has 56 heavy (non-hydrogen) atoms. The molecule has 0 spiro atoms. The molecule has 4 heterocycles. The van der Waals surface area contributed by atoms with Gasteiger partial charge in [0.15, 0.2) is 23.0 Å². The summed E-state index contributed by atoms with van der Waals surface area (Å²) in [6.07, 6.45) is 8.00. The average Bonchev–Trinajstić information content (AvgIpc) is 3.57. The van der Waals surface area contributed by atoms with Crippen molar-refractivity contribution in [3.63, 3.8) is 0 Å². The van der Waals surface area contributed by atoms with Crippen molar-refractivity contribution in [3.8, 4) is 46.7 Å². The monoisotopic (exact) mass is 834 g/mol. The summed E-state index contributed by atoms with van der Waals surface area (Å²) in [5.74, 6) is 3.45. The number of benzene rings is 2. The lowest BCUT2D eigenvalue weighted by Crippen LogP contribution is -2.37. The lowest BCUT2D eigenvalue weighted by molar-refractivity contribution is -0.138. The zero-order chi connectivity index (χ0) is 40.8. The van der Waals surface area contributed by atoms with Crippen molar-refractivity contribution in [2.24, 2.45) is 11.5 Å². The number of aromatic nitrogens is 4. The van der Waals surface area contributed by atoms with Crippen LogP contribution < -0.4 is 22.9 Å². The van der Waals surface area contributed by atoms with E-state index in [-0.39, 0.29) is 65.3 Å². The van der Waals surface area contributed by atoms with Gasteiger partial charge in [0, 0.05) is 61.2 Å². The molecule has 2 aliphatic heterocycles. The van der Waals surface area contributed by atoms with E-state index in [9.17, 15) is 38.2 Å². The Kier molecular flexibility index (Phi) is 13.9. The Hall–Kier alpha value is -6.54. The fourth-order valence-corrected chi connectivity index (χ4v) is 5.41. The SMILES string of the molecule is C.C#C[C@]1(O)CCN(C)C1=O.CN1CC[C@@](O)(C#Cc2ccc(F)c(-c3cnc(N)c(C(N)=O)n3)c2)C1=O.NC(=O)c1nc(-c2cc(Br)ccc2F)cnc1N. The van der Waals surface area contributed by atoms with Gasteiger partial charge >= 0.3 is 0 Å². The molecule has 0 unspecified atom stereocenters. The summed E-state index contributed by atoms with van der Waals surface area (Å²) in [6.45, 7) is 0.940. The predicted molar refractivity (Wildman–Crippen MR) is 205 cm³/mol.